The van der Waals surface area contributed by atoms with E-state index in [1.54, 1.807) is 7.11 Å². The van der Waals surface area contributed by atoms with Gasteiger partial charge < -0.3 is 15.2 Å². The molecule has 100 valence electrons. The van der Waals surface area contributed by atoms with Crippen molar-refractivity contribution in [1.82, 2.24) is 0 Å². The first-order chi connectivity index (χ1) is 8.67. The Morgan fingerprint density at radius 3 is 2.56 bits per heavy atom. The summed E-state index contributed by atoms with van der Waals surface area (Å²) < 4.78 is 9.75. The number of hydrogen-bond donors (Lipinski definition) is 1. The summed E-state index contributed by atoms with van der Waals surface area (Å²) in [6, 6.07) is 8.01. The van der Waals surface area contributed by atoms with E-state index in [9.17, 15) is 4.79 Å². The predicted octanol–water partition coefficient (Wildman–Crippen LogP) is 1.66. The molecule has 0 fully saturated rings. The summed E-state index contributed by atoms with van der Waals surface area (Å²) in [5.41, 5.74) is 8.35. The maximum atomic E-state index is 11.0. The fourth-order valence-electron chi connectivity index (χ4n) is 1.84. The van der Waals surface area contributed by atoms with Gasteiger partial charge >= 0.3 is 5.97 Å². The van der Waals surface area contributed by atoms with Crippen molar-refractivity contribution < 1.29 is 14.3 Å². The predicted molar refractivity (Wildman–Crippen MR) is 70.1 cm³/mol. The van der Waals surface area contributed by atoms with Crippen LogP contribution in [0.3, 0.4) is 0 Å². The molecule has 4 heteroatoms. The van der Waals surface area contributed by atoms with E-state index in [0.717, 1.165) is 12.0 Å². The Morgan fingerprint density at radius 2 is 1.94 bits per heavy atom. The van der Waals surface area contributed by atoms with Gasteiger partial charge in [0.15, 0.2) is 0 Å². The molecule has 0 amide bonds. The number of carbonyl (C=O) groups excluding carboxylic acids is 1. The summed E-state index contributed by atoms with van der Waals surface area (Å²) in [5, 5.41) is 0. The number of carbonyl (C=O) groups is 1. The fraction of sp³-hybridized carbons (Fsp3) is 0.500. The number of rotatable bonds is 7. The molecule has 0 saturated heterocycles. The van der Waals surface area contributed by atoms with Crippen molar-refractivity contribution in [2.45, 2.75) is 31.9 Å². The SMILES string of the molecule is COCc1ccccc1CC(N)CCC(=O)OC. The van der Waals surface area contributed by atoms with E-state index in [1.165, 1.54) is 12.7 Å². The molecule has 4 nitrogen and oxygen atoms in total. The van der Waals surface area contributed by atoms with Gasteiger partial charge in [-0.1, -0.05) is 24.3 Å². The first kappa shape index (κ1) is 14.7. The lowest BCUT2D eigenvalue weighted by molar-refractivity contribution is -0.140. The third kappa shape index (κ3) is 4.85. The maximum absolute atomic E-state index is 11.0. The zero-order chi connectivity index (χ0) is 13.4. The van der Waals surface area contributed by atoms with E-state index in [4.69, 9.17) is 10.5 Å². The van der Waals surface area contributed by atoms with Crippen LogP contribution in [0.2, 0.25) is 0 Å². The Hall–Kier alpha value is -1.39. The minimum absolute atomic E-state index is 0.0397. The van der Waals surface area contributed by atoms with E-state index in [2.05, 4.69) is 4.74 Å². The monoisotopic (exact) mass is 251 g/mol. The molecule has 0 aliphatic heterocycles. The van der Waals surface area contributed by atoms with Crippen molar-refractivity contribution in [1.29, 1.82) is 0 Å². The highest BCUT2D eigenvalue weighted by atomic mass is 16.5. The largest absolute Gasteiger partial charge is 0.469 e. The van der Waals surface area contributed by atoms with E-state index < -0.39 is 0 Å². The van der Waals surface area contributed by atoms with E-state index in [0.29, 0.717) is 19.4 Å². The third-order valence-electron chi connectivity index (χ3n) is 2.85. The standard InChI is InChI=1S/C14H21NO3/c1-17-10-12-6-4-3-5-11(12)9-13(15)7-8-14(16)18-2/h3-6,13H,7-10,15H2,1-2H3. The van der Waals surface area contributed by atoms with Crippen LogP contribution in [0.1, 0.15) is 24.0 Å². The Morgan fingerprint density at radius 1 is 1.28 bits per heavy atom. The summed E-state index contributed by atoms with van der Waals surface area (Å²) >= 11 is 0. The van der Waals surface area contributed by atoms with Crippen molar-refractivity contribution in [2.75, 3.05) is 14.2 Å². The molecule has 1 unspecified atom stereocenters. The molecular weight excluding hydrogens is 230 g/mol. The van der Waals surface area contributed by atoms with Gasteiger partial charge in [0.1, 0.15) is 0 Å². The van der Waals surface area contributed by atoms with Crippen molar-refractivity contribution in [3.8, 4) is 0 Å². The average Bonchev–Trinajstić information content (AvgIpc) is 2.38. The minimum Gasteiger partial charge on any atom is -0.469 e. The molecule has 0 aromatic heterocycles. The molecule has 0 spiro atoms. The van der Waals surface area contributed by atoms with Gasteiger partial charge in [0, 0.05) is 19.6 Å². The molecule has 0 aliphatic carbocycles. The highest BCUT2D eigenvalue weighted by Gasteiger charge is 2.10. The van der Waals surface area contributed by atoms with Gasteiger partial charge in [-0.25, -0.2) is 0 Å². The van der Waals surface area contributed by atoms with Gasteiger partial charge in [0.2, 0.25) is 0 Å². The first-order valence-electron chi connectivity index (χ1n) is 6.05. The van der Waals surface area contributed by atoms with Crippen LogP contribution in [-0.4, -0.2) is 26.2 Å². The molecule has 0 bridgehead atoms. The summed E-state index contributed by atoms with van der Waals surface area (Å²) in [5.74, 6) is -0.212. The molecule has 1 atom stereocenters. The van der Waals surface area contributed by atoms with Gasteiger partial charge in [0.25, 0.3) is 0 Å². The highest BCUT2D eigenvalue weighted by Crippen LogP contribution is 2.13. The number of hydrogen-bond acceptors (Lipinski definition) is 4. The van der Waals surface area contributed by atoms with Crippen LogP contribution in [-0.2, 0) is 27.3 Å². The van der Waals surface area contributed by atoms with Crippen LogP contribution in [0.15, 0.2) is 24.3 Å². The Labute approximate surface area is 108 Å². The van der Waals surface area contributed by atoms with Crippen LogP contribution in [0.25, 0.3) is 0 Å². The molecule has 0 aliphatic rings. The number of ether oxygens (including phenoxy) is 2. The Kier molecular flexibility index (Phi) is 6.39. The molecular formula is C14H21NO3. The lowest BCUT2D eigenvalue weighted by Crippen LogP contribution is -2.24. The van der Waals surface area contributed by atoms with Crippen molar-refractivity contribution in [3.63, 3.8) is 0 Å². The summed E-state index contributed by atoms with van der Waals surface area (Å²) in [7, 11) is 3.07. The zero-order valence-electron chi connectivity index (χ0n) is 11.0. The zero-order valence-corrected chi connectivity index (χ0v) is 11.0. The van der Waals surface area contributed by atoms with Crippen molar-refractivity contribution in [3.05, 3.63) is 35.4 Å². The minimum atomic E-state index is -0.212. The maximum Gasteiger partial charge on any atom is 0.305 e. The van der Waals surface area contributed by atoms with Crippen LogP contribution in [0, 0.1) is 0 Å². The normalized spacial score (nSPS) is 12.2. The molecule has 1 aromatic rings. The Bertz CT molecular complexity index is 379. The Balaban J connectivity index is 2.53. The lowest BCUT2D eigenvalue weighted by Gasteiger charge is -2.14. The summed E-state index contributed by atoms with van der Waals surface area (Å²) in [6.45, 7) is 0.583. The van der Waals surface area contributed by atoms with Gasteiger partial charge in [-0.2, -0.15) is 0 Å². The lowest BCUT2D eigenvalue weighted by atomic mass is 9.98. The second kappa shape index (κ2) is 7.84. The van der Waals surface area contributed by atoms with Crippen molar-refractivity contribution >= 4 is 5.97 Å². The number of esters is 1. The van der Waals surface area contributed by atoms with Gasteiger partial charge in [-0.15, -0.1) is 0 Å². The summed E-state index contributed by atoms with van der Waals surface area (Å²) in [6.07, 6.45) is 1.74. The molecule has 0 radical (unpaired) electrons. The molecule has 0 saturated carbocycles. The molecule has 2 N–H and O–H groups in total. The smallest absolute Gasteiger partial charge is 0.305 e. The van der Waals surface area contributed by atoms with E-state index >= 15 is 0 Å². The average molecular weight is 251 g/mol. The van der Waals surface area contributed by atoms with Gasteiger partial charge in [-0.05, 0) is 24.0 Å². The second-order valence-corrected chi connectivity index (χ2v) is 4.28. The molecule has 1 rings (SSSR count). The molecule has 0 heterocycles. The van der Waals surface area contributed by atoms with Crippen LogP contribution < -0.4 is 5.73 Å². The highest BCUT2D eigenvalue weighted by molar-refractivity contribution is 5.69. The van der Waals surface area contributed by atoms with Gasteiger partial charge in [-0.3, -0.25) is 4.79 Å². The number of nitrogens with two attached hydrogens (primary N) is 1. The molecule has 18 heavy (non-hydrogen) atoms. The molecule has 1 aromatic carbocycles. The van der Waals surface area contributed by atoms with E-state index in [1.807, 2.05) is 24.3 Å². The van der Waals surface area contributed by atoms with E-state index in [-0.39, 0.29) is 12.0 Å². The fourth-order valence-corrected chi connectivity index (χ4v) is 1.84. The third-order valence-corrected chi connectivity index (χ3v) is 2.85. The van der Waals surface area contributed by atoms with Crippen molar-refractivity contribution in [2.24, 2.45) is 5.73 Å². The topological polar surface area (TPSA) is 61.5 Å². The quantitative estimate of drug-likeness (QED) is 0.749. The summed E-state index contributed by atoms with van der Waals surface area (Å²) in [4.78, 5) is 11.0. The van der Waals surface area contributed by atoms with Crippen LogP contribution >= 0.6 is 0 Å². The van der Waals surface area contributed by atoms with Crippen LogP contribution in [0.5, 0.6) is 0 Å². The van der Waals surface area contributed by atoms with Crippen LogP contribution in [0.4, 0.5) is 0 Å². The second-order valence-electron chi connectivity index (χ2n) is 4.28. The van der Waals surface area contributed by atoms with Gasteiger partial charge in [0.05, 0.1) is 13.7 Å². The number of methoxy groups -OCH3 is 2. The number of benzene rings is 1. The first-order valence-corrected chi connectivity index (χ1v) is 6.05.